The van der Waals surface area contributed by atoms with E-state index in [1.165, 1.54) is 42.3 Å². The zero-order valence-electron chi connectivity index (χ0n) is 85.7. The van der Waals surface area contributed by atoms with Crippen LogP contribution in [0.2, 0.25) is 0 Å². The van der Waals surface area contributed by atoms with Gasteiger partial charge in [-0.3, -0.25) is 115 Å². The summed E-state index contributed by atoms with van der Waals surface area (Å²) in [6, 6.07) is -3.64. The van der Waals surface area contributed by atoms with Gasteiger partial charge in [0, 0.05) is 166 Å². The Kier molecular flexibility index (Phi) is 57.7. The normalized spacial score (nSPS) is 17.2. The third kappa shape index (κ3) is 48.2. The number of imide groups is 2. The molecule has 1 aromatic carbocycles. The number of nitrogens with one attached hydrogen (secondary N) is 12. The number of aliphatic carboxylic acids is 2. The first-order valence-electron chi connectivity index (χ1n) is 49.4. The maximum atomic E-state index is 14.6. The number of fused-ring (bicyclic) bond motifs is 1. The van der Waals surface area contributed by atoms with Crippen LogP contribution >= 0.6 is 11.3 Å². The number of carbonyl (C=O) groups is 21. The predicted molar refractivity (Wildman–Crippen MR) is 527 cm³/mol. The van der Waals surface area contributed by atoms with E-state index in [1.807, 2.05) is 27.7 Å². The topological polar surface area (TPSA) is 652 Å². The summed E-state index contributed by atoms with van der Waals surface area (Å²) in [7, 11) is 5.11. The van der Waals surface area contributed by atoms with Crippen LogP contribution in [0.25, 0.3) is 0 Å². The number of thiazole rings is 1. The Morgan fingerprint density at radius 2 is 1.03 bits per heavy atom. The molecule has 50 heteroatoms. The zero-order valence-corrected chi connectivity index (χ0v) is 86.5. The van der Waals surface area contributed by atoms with Crippen molar-refractivity contribution in [3.8, 4) is 5.75 Å². The molecule has 0 unspecified atom stereocenters. The van der Waals surface area contributed by atoms with Crippen LogP contribution in [0.3, 0.4) is 0 Å². The van der Waals surface area contributed by atoms with E-state index in [0.717, 1.165) is 45.4 Å². The molecule has 147 heavy (non-hydrogen) atoms. The molecule has 0 fully saturated rings. The van der Waals surface area contributed by atoms with Gasteiger partial charge in [-0.25, -0.2) is 4.98 Å². The Morgan fingerprint density at radius 1 is 0.565 bits per heavy atom. The summed E-state index contributed by atoms with van der Waals surface area (Å²) >= 11 is 0.993. The van der Waals surface area contributed by atoms with E-state index in [1.54, 1.807) is 39.9 Å². The minimum atomic E-state index is -2.05. The lowest BCUT2D eigenvalue weighted by atomic mass is 9.92. The van der Waals surface area contributed by atoms with Gasteiger partial charge in [-0.2, -0.15) is 0 Å². The highest BCUT2D eigenvalue weighted by atomic mass is 32.1. The third-order valence-electron chi connectivity index (χ3n) is 23.7. The number of carboxylic acids is 2. The van der Waals surface area contributed by atoms with E-state index in [2.05, 4.69) is 68.8 Å². The van der Waals surface area contributed by atoms with Crippen molar-refractivity contribution < 1.29 is 154 Å². The van der Waals surface area contributed by atoms with E-state index in [0.29, 0.717) is 24.9 Å². The number of hydrogen-bond donors (Lipinski definition) is 14. The molecule has 0 radical (unpaired) electrons. The third-order valence-corrected chi connectivity index (χ3v) is 24.7. The Balaban J connectivity index is 1.27. The average molecular weight is 2100 g/mol. The highest BCUT2D eigenvalue weighted by molar-refractivity contribution is 7.09. The quantitative estimate of drug-likeness (QED) is 0.0177. The maximum Gasteiger partial charge on any atom is 0.311 e. The standard InChI is InChI=1S/C97H147N17O32S/c1-12-62(4)86(110-96(137)97(7,8)111(9)10)94(134)112(11)70(61(2)3)59-72(145-64(6)115)93-107-69(60-147-93)90(131)104-66(56-63(5)95(135)136)57-65-22-23-71-68(58-65)106-77(120)20-15-35-101-89(130)67(18-13-14-34-98-73(116)30-42-139-50-54-144-55-51-140-44-32-75(118)99-38-46-142-52-48-138-43-31-74(117)100-39-47-143-53-49-141-45-33-84(127)128)105-76(119)19-16-36-102-91(132)87(108-78(121)28-40-113-80(123)24-25-81(113)124)88(92(133)103-37-17-21-85(129)146-71)109-79(122)29-41-114-82(125)26-27-83(114)126/h22-27,58,60-63,66-67,70,72,86-88H,12-21,28-57,59H2,1-11H3,(H,98,116)(H,99,118)(H,100,117)(H,101,130)(H,102,132)(H,103,133)(H,104,131)(H,105,119)(H,106,120)(H,108,121)(H,109,122)(H,110,137)(H,127,128)(H,135,136)/t62-,63-,66+,67-,70+,72+,86-,87+,88-/m0/s1. The second-order valence-corrected chi connectivity index (χ2v) is 37.0. The summed E-state index contributed by atoms with van der Waals surface area (Å²) in [5, 5.41) is 52.6. The second-order valence-electron chi connectivity index (χ2n) is 36.1. The van der Waals surface area contributed by atoms with E-state index in [-0.39, 0.29) is 272 Å². The number of anilines is 1. The highest BCUT2D eigenvalue weighted by Gasteiger charge is 2.42. The molecule has 1 aromatic heterocycles. The molecule has 4 heterocycles. The van der Waals surface area contributed by atoms with Crippen LogP contribution in [0.1, 0.15) is 198 Å². The summed E-state index contributed by atoms with van der Waals surface area (Å²) in [4.78, 5) is 288. The van der Waals surface area contributed by atoms with E-state index < -0.39 is 187 Å². The van der Waals surface area contributed by atoms with Crippen LogP contribution in [0, 0.1) is 17.8 Å². The first-order valence-corrected chi connectivity index (χ1v) is 50.3. The molecule has 9 atom stereocenters. The number of esters is 2. The molecular formula is C97H147N17O32S. The predicted octanol–water partition coefficient (Wildman–Crippen LogP) is -0.145. The van der Waals surface area contributed by atoms with Crippen molar-refractivity contribution in [2.45, 2.75) is 225 Å². The van der Waals surface area contributed by atoms with Gasteiger partial charge in [0.25, 0.3) is 29.5 Å². The fraction of sp³-hybridized carbons (Fsp3) is 0.649. The number of amides is 17. The first kappa shape index (κ1) is 125. The van der Waals surface area contributed by atoms with Gasteiger partial charge in [0.1, 0.15) is 34.9 Å². The molecule has 0 spiro atoms. The van der Waals surface area contributed by atoms with Crippen LogP contribution in [-0.2, 0) is 140 Å². The molecule has 2 aromatic rings. The monoisotopic (exact) mass is 2090 g/mol. The number of carboxylic acid groups (broad SMARTS) is 2. The zero-order chi connectivity index (χ0) is 109. The van der Waals surface area contributed by atoms with Gasteiger partial charge < -0.3 is 122 Å². The van der Waals surface area contributed by atoms with Gasteiger partial charge in [-0.1, -0.05) is 47.1 Å². The highest BCUT2D eigenvalue weighted by Crippen LogP contribution is 2.33. The fourth-order valence-corrected chi connectivity index (χ4v) is 15.4. The molecule has 0 bridgehead atoms. The van der Waals surface area contributed by atoms with Crippen molar-refractivity contribution in [2.75, 3.05) is 171 Å². The number of rotatable bonds is 62. The molecule has 0 saturated carbocycles. The summed E-state index contributed by atoms with van der Waals surface area (Å²) in [6.07, 6.45) is 0.983. The molecule has 5 rings (SSSR count). The van der Waals surface area contributed by atoms with E-state index in [4.69, 9.17) is 47.7 Å². The van der Waals surface area contributed by atoms with Crippen molar-refractivity contribution in [1.82, 2.24) is 83.1 Å². The van der Waals surface area contributed by atoms with Crippen LogP contribution in [0.5, 0.6) is 5.75 Å². The lowest BCUT2D eigenvalue weighted by Gasteiger charge is -2.38. The van der Waals surface area contributed by atoms with Crippen molar-refractivity contribution in [3.05, 3.63) is 64.1 Å². The number of carbonyl (C=O) groups excluding carboxylic acids is 19. The van der Waals surface area contributed by atoms with Gasteiger partial charge in [0.15, 0.2) is 11.9 Å². The van der Waals surface area contributed by atoms with Crippen molar-refractivity contribution in [2.24, 2.45) is 17.8 Å². The number of nitrogens with zero attached hydrogens (tertiary/aromatic N) is 5. The van der Waals surface area contributed by atoms with Crippen molar-refractivity contribution in [3.63, 3.8) is 0 Å². The van der Waals surface area contributed by atoms with Gasteiger partial charge in [0.05, 0.1) is 116 Å². The van der Waals surface area contributed by atoms with E-state index >= 15 is 0 Å². The lowest BCUT2D eigenvalue weighted by molar-refractivity contribution is -0.150. The SMILES string of the molecule is CC[C@H](C)[C@H](NC(=O)C(C)(C)N(C)C)C(=O)N(C)[C@H](C[C@@H](OC(C)=O)c1nc(C(=O)N[C@@H](Cc2ccc3c(c2)NC(=O)CCCNC(=O)[C@H](CCCCNC(=O)CCOCCOCCOCCC(=O)NCCOCCOCCC(=O)NCCOCCOCCC(=O)O)NC(=O)CCCNC(=O)[C@H](NC(=O)CCN2C(=O)C=CC2=O)[C@H](NC(=O)CCN2C(=O)C=CC2=O)C(=O)NCCCC(=O)O3)C[C@H](C)C(=O)O)cs1)C(C)C. The minimum Gasteiger partial charge on any atom is -0.481 e. The van der Waals surface area contributed by atoms with Gasteiger partial charge in [-0.15, -0.1) is 11.3 Å². The molecule has 17 amide bonds. The van der Waals surface area contributed by atoms with Crippen LogP contribution in [0.4, 0.5) is 5.69 Å². The summed E-state index contributed by atoms with van der Waals surface area (Å²) < 4.78 is 49.6. The Bertz CT molecular complexity index is 4760. The molecule has 3 aliphatic heterocycles. The number of unbranched alkanes of at least 4 members (excludes halogenated alkanes) is 1. The van der Waals surface area contributed by atoms with Crippen LogP contribution < -0.4 is 68.5 Å². The second kappa shape index (κ2) is 67.9. The number of benzene rings is 1. The average Bonchev–Trinajstić information content (AvgIpc) is 1.11. The summed E-state index contributed by atoms with van der Waals surface area (Å²) in [5.74, 6) is -17.3. The summed E-state index contributed by atoms with van der Waals surface area (Å²) in [5.41, 5.74) is -0.884. The van der Waals surface area contributed by atoms with E-state index in [9.17, 15) is 106 Å². The number of aromatic nitrogens is 1. The maximum absolute atomic E-state index is 14.6. The summed E-state index contributed by atoms with van der Waals surface area (Å²) in [6.45, 7) is 15.2. The van der Waals surface area contributed by atoms with Crippen molar-refractivity contribution >= 4 is 141 Å². The molecule has 0 saturated heterocycles. The van der Waals surface area contributed by atoms with Gasteiger partial charge in [-0.05, 0) is 109 Å². The van der Waals surface area contributed by atoms with Gasteiger partial charge >= 0.3 is 23.9 Å². The first-order chi connectivity index (χ1) is 70.0. The number of ether oxygens (including phenoxy) is 9. The van der Waals surface area contributed by atoms with Crippen LogP contribution in [0.15, 0.2) is 47.9 Å². The van der Waals surface area contributed by atoms with Crippen LogP contribution in [-0.4, -0.2) is 367 Å². The van der Waals surface area contributed by atoms with Crippen molar-refractivity contribution in [1.29, 1.82) is 0 Å². The Labute approximate surface area is 858 Å². The molecule has 14 N–H and O–H groups in total. The Morgan fingerprint density at radius 3 is 1.51 bits per heavy atom. The smallest absolute Gasteiger partial charge is 0.311 e. The Hall–Kier alpha value is -12.7. The largest absolute Gasteiger partial charge is 0.481 e. The lowest BCUT2D eigenvalue weighted by Crippen LogP contribution is -2.64. The minimum absolute atomic E-state index is 0.0102. The fourth-order valence-electron chi connectivity index (χ4n) is 14.6. The molecule has 818 valence electrons. The molecular weight excluding hydrogens is 1950 g/mol. The number of likely N-dealkylation sites (N-methyl/N-ethyl adjacent to an activating group) is 2. The number of hydrogen-bond acceptors (Lipinski definition) is 33. The molecule has 49 nitrogen and oxygen atoms in total. The molecule has 0 aliphatic carbocycles. The van der Waals surface area contributed by atoms with Gasteiger partial charge in [0.2, 0.25) is 70.9 Å². The molecule has 3 aliphatic rings.